The third-order valence-corrected chi connectivity index (χ3v) is 5.97. The summed E-state index contributed by atoms with van der Waals surface area (Å²) in [5.74, 6) is -1.23. The van der Waals surface area contributed by atoms with Gasteiger partial charge in [-0.1, -0.05) is 0 Å². The number of carbonyl (C=O) groups is 2. The van der Waals surface area contributed by atoms with Gasteiger partial charge in [0.25, 0.3) is 11.8 Å². The highest BCUT2D eigenvalue weighted by atomic mass is 19.4. The predicted octanol–water partition coefficient (Wildman–Crippen LogP) is 3.26. The van der Waals surface area contributed by atoms with Crippen molar-refractivity contribution in [2.45, 2.75) is 19.1 Å². The van der Waals surface area contributed by atoms with Crippen molar-refractivity contribution in [3.8, 4) is 11.3 Å². The number of aromatic amines is 1. The Hall–Kier alpha value is -4.29. The minimum Gasteiger partial charge on any atom is -0.341 e. The van der Waals surface area contributed by atoms with Crippen LogP contribution in [0.1, 0.15) is 33.6 Å². The number of aromatic nitrogens is 5. The fraction of sp³-hybridized carbons (Fsp3) is 0.261. The van der Waals surface area contributed by atoms with E-state index in [9.17, 15) is 27.2 Å². The number of alkyl halides is 3. The first-order valence-electron chi connectivity index (χ1n) is 10.9. The molecule has 4 aromatic rings. The van der Waals surface area contributed by atoms with Gasteiger partial charge in [0.15, 0.2) is 11.5 Å². The highest BCUT2D eigenvalue weighted by Gasteiger charge is 2.37. The number of nitrogens with zero attached hydrogens (tertiary/aromatic N) is 6. The van der Waals surface area contributed by atoms with Gasteiger partial charge in [0.2, 0.25) is 0 Å². The number of nitrogens with one attached hydrogen (secondary N) is 1. The molecule has 3 aromatic heterocycles. The quantitative estimate of drug-likeness (QED) is 0.435. The second kappa shape index (κ2) is 8.73. The first kappa shape index (κ1) is 23.5. The molecule has 1 N–H and O–H groups in total. The average molecular weight is 501 g/mol. The van der Waals surface area contributed by atoms with Gasteiger partial charge in [0.05, 0.1) is 11.9 Å². The van der Waals surface area contributed by atoms with Crippen LogP contribution in [0.4, 0.5) is 17.6 Å². The van der Waals surface area contributed by atoms with Gasteiger partial charge in [-0.05, 0) is 37.3 Å². The van der Waals surface area contributed by atoms with Gasteiger partial charge >= 0.3 is 6.18 Å². The predicted molar refractivity (Wildman–Crippen MR) is 118 cm³/mol. The van der Waals surface area contributed by atoms with Crippen molar-refractivity contribution in [1.82, 2.24) is 34.4 Å². The maximum absolute atomic E-state index is 13.8. The molecule has 13 heteroatoms. The summed E-state index contributed by atoms with van der Waals surface area (Å²) in [7, 11) is 0. The molecular weight excluding hydrogens is 482 g/mol. The average Bonchev–Trinajstić information content (AvgIpc) is 3.52. The molecule has 5 rings (SSSR count). The largest absolute Gasteiger partial charge is 0.420 e. The molecule has 0 unspecified atom stereocenters. The Kier molecular flexibility index (Phi) is 5.69. The molecule has 186 valence electrons. The van der Waals surface area contributed by atoms with E-state index < -0.39 is 29.1 Å². The lowest BCUT2D eigenvalue weighted by molar-refractivity contribution is -0.136. The summed E-state index contributed by atoms with van der Waals surface area (Å²) in [5, 5.41) is 4.17. The number of halogens is 4. The molecule has 1 aliphatic rings. The number of hydrogen-bond acceptors (Lipinski definition) is 5. The van der Waals surface area contributed by atoms with E-state index >= 15 is 0 Å². The van der Waals surface area contributed by atoms with Gasteiger partial charge in [-0.15, -0.1) is 0 Å². The van der Waals surface area contributed by atoms with E-state index in [-0.39, 0.29) is 54.4 Å². The number of hydrogen-bond donors (Lipinski definition) is 1. The summed E-state index contributed by atoms with van der Waals surface area (Å²) in [6.45, 7) is 2.33. The van der Waals surface area contributed by atoms with Crippen molar-refractivity contribution in [2.75, 3.05) is 19.6 Å². The summed E-state index contributed by atoms with van der Waals surface area (Å²) in [6, 6.07) is 5.34. The van der Waals surface area contributed by atoms with E-state index in [2.05, 4.69) is 20.1 Å². The molecule has 1 saturated heterocycles. The number of carbonyl (C=O) groups excluding carboxylic acids is 2. The van der Waals surface area contributed by atoms with E-state index in [0.717, 1.165) is 28.9 Å². The Labute approximate surface area is 201 Å². The number of piperazine rings is 1. The Morgan fingerprint density at radius 3 is 2.50 bits per heavy atom. The maximum atomic E-state index is 13.8. The van der Waals surface area contributed by atoms with Crippen molar-refractivity contribution in [2.24, 2.45) is 0 Å². The Morgan fingerprint density at radius 1 is 1.11 bits per heavy atom. The van der Waals surface area contributed by atoms with E-state index in [1.807, 2.05) is 0 Å². The van der Waals surface area contributed by atoms with Gasteiger partial charge in [0, 0.05) is 43.6 Å². The van der Waals surface area contributed by atoms with Crippen molar-refractivity contribution >= 4 is 17.5 Å². The molecule has 0 aliphatic carbocycles. The summed E-state index contributed by atoms with van der Waals surface area (Å²) >= 11 is 0. The normalized spacial score (nSPS) is 16.5. The number of amides is 2. The van der Waals surface area contributed by atoms with Crippen LogP contribution in [0, 0.1) is 5.82 Å². The van der Waals surface area contributed by atoms with Crippen molar-refractivity contribution in [1.29, 1.82) is 0 Å². The van der Waals surface area contributed by atoms with Crippen molar-refractivity contribution < 1.29 is 27.2 Å². The van der Waals surface area contributed by atoms with Crippen LogP contribution in [-0.2, 0) is 6.18 Å². The molecule has 0 radical (unpaired) electrons. The Balaban J connectivity index is 1.43. The van der Waals surface area contributed by atoms with Gasteiger partial charge in [-0.3, -0.25) is 9.59 Å². The second-order valence-electron chi connectivity index (χ2n) is 8.38. The molecule has 2 amide bonds. The molecular formula is C23H19F4N7O2. The zero-order valence-electron chi connectivity index (χ0n) is 18.8. The maximum Gasteiger partial charge on any atom is 0.420 e. The van der Waals surface area contributed by atoms with Crippen LogP contribution < -0.4 is 0 Å². The Morgan fingerprint density at radius 2 is 1.86 bits per heavy atom. The number of imidazole rings is 2. The lowest BCUT2D eigenvalue weighted by Crippen LogP contribution is -2.55. The SMILES string of the molecule is C[C@H]1CN(C(=O)c2cn3nc(-c4ccc(F)cc4)cc(C(F)(F)F)c3n2)CCN1C(=O)c1ncc[nH]1. The standard InChI is InChI=1S/C23H19F4N7O2/c1-13-11-32(8-9-33(13)22(36)19-28-6-7-29-19)21(35)18-12-34-20(30-18)16(23(25,26)27)10-17(31-34)14-2-4-15(24)5-3-14/h2-7,10,12-13H,8-9,11H2,1H3,(H,28,29)/t13-/m0/s1. The molecule has 36 heavy (non-hydrogen) atoms. The number of H-pyrrole nitrogens is 1. The molecule has 1 aliphatic heterocycles. The first-order valence-corrected chi connectivity index (χ1v) is 10.9. The van der Waals surface area contributed by atoms with E-state index in [4.69, 9.17) is 0 Å². The van der Waals surface area contributed by atoms with Gasteiger partial charge in [0.1, 0.15) is 17.1 Å². The molecule has 9 nitrogen and oxygen atoms in total. The molecule has 1 fully saturated rings. The van der Waals surface area contributed by atoms with Crippen LogP contribution in [0.25, 0.3) is 16.9 Å². The summed E-state index contributed by atoms with van der Waals surface area (Å²) < 4.78 is 55.7. The van der Waals surface area contributed by atoms with Crippen LogP contribution in [0.2, 0.25) is 0 Å². The third kappa shape index (κ3) is 4.27. The Bertz CT molecular complexity index is 1430. The second-order valence-corrected chi connectivity index (χ2v) is 8.38. The van der Waals surface area contributed by atoms with Crippen LogP contribution in [0.3, 0.4) is 0 Å². The highest BCUT2D eigenvalue weighted by molar-refractivity contribution is 5.94. The lowest BCUT2D eigenvalue weighted by Gasteiger charge is -2.39. The zero-order valence-corrected chi connectivity index (χ0v) is 18.8. The molecule has 0 saturated carbocycles. The smallest absolute Gasteiger partial charge is 0.341 e. The van der Waals surface area contributed by atoms with E-state index in [0.29, 0.717) is 0 Å². The minimum atomic E-state index is -4.77. The molecule has 1 atom stereocenters. The third-order valence-electron chi connectivity index (χ3n) is 5.97. The topological polar surface area (TPSA) is 99.5 Å². The highest BCUT2D eigenvalue weighted by Crippen LogP contribution is 2.34. The van der Waals surface area contributed by atoms with Crippen molar-refractivity contribution in [3.05, 3.63) is 71.8 Å². The summed E-state index contributed by atoms with van der Waals surface area (Å²) in [5.41, 5.74) is -1.57. The minimum absolute atomic E-state index is 0.0510. The molecule has 4 heterocycles. The lowest BCUT2D eigenvalue weighted by atomic mass is 10.1. The van der Waals surface area contributed by atoms with Crippen molar-refractivity contribution in [3.63, 3.8) is 0 Å². The number of rotatable bonds is 3. The molecule has 1 aromatic carbocycles. The first-order chi connectivity index (χ1) is 17.1. The van der Waals surface area contributed by atoms with Crippen LogP contribution in [0.5, 0.6) is 0 Å². The van der Waals surface area contributed by atoms with Crippen LogP contribution in [-0.4, -0.2) is 71.9 Å². The van der Waals surface area contributed by atoms with Gasteiger partial charge in [-0.2, -0.15) is 18.3 Å². The van der Waals surface area contributed by atoms with E-state index in [1.54, 1.807) is 11.8 Å². The van der Waals surface area contributed by atoms with E-state index in [1.165, 1.54) is 29.4 Å². The number of fused-ring (bicyclic) bond motifs is 1. The number of benzene rings is 1. The van der Waals surface area contributed by atoms with Crippen LogP contribution >= 0.6 is 0 Å². The summed E-state index contributed by atoms with van der Waals surface area (Å²) in [4.78, 5) is 39.4. The van der Waals surface area contributed by atoms with Crippen LogP contribution in [0.15, 0.2) is 48.9 Å². The molecule has 0 bridgehead atoms. The fourth-order valence-electron chi connectivity index (χ4n) is 4.17. The summed E-state index contributed by atoms with van der Waals surface area (Å²) in [6.07, 6.45) is -0.625. The fourth-order valence-corrected chi connectivity index (χ4v) is 4.17. The molecule has 0 spiro atoms. The zero-order chi connectivity index (χ0) is 25.6. The van der Waals surface area contributed by atoms with Gasteiger partial charge < -0.3 is 14.8 Å². The van der Waals surface area contributed by atoms with Gasteiger partial charge in [-0.25, -0.2) is 18.9 Å². The monoisotopic (exact) mass is 501 g/mol.